The van der Waals surface area contributed by atoms with E-state index in [9.17, 15) is 0 Å². The molecule has 0 spiro atoms. The van der Waals surface area contributed by atoms with Crippen molar-refractivity contribution in [3.8, 4) is 5.75 Å². The zero-order valence-electron chi connectivity index (χ0n) is 10.4. The van der Waals surface area contributed by atoms with Gasteiger partial charge in [0.05, 0.1) is 12.3 Å². The lowest BCUT2D eigenvalue weighted by atomic mass is 10.2. The Bertz CT molecular complexity index is 326. The molecule has 0 bridgehead atoms. The largest absolute Gasteiger partial charge is 0.492 e. The molecule has 1 aromatic rings. The number of anilines is 2. The second-order valence-electron chi connectivity index (χ2n) is 4.02. The minimum Gasteiger partial charge on any atom is -0.492 e. The van der Waals surface area contributed by atoms with Crippen molar-refractivity contribution in [3.63, 3.8) is 0 Å². The van der Waals surface area contributed by atoms with E-state index < -0.39 is 0 Å². The van der Waals surface area contributed by atoms with Crippen LogP contribution >= 0.6 is 0 Å². The average Bonchev–Trinajstić information content (AvgIpc) is 2.24. The third kappa shape index (κ3) is 3.65. The van der Waals surface area contributed by atoms with Gasteiger partial charge in [0.25, 0.3) is 0 Å². The third-order valence-electron chi connectivity index (χ3n) is 2.45. The van der Waals surface area contributed by atoms with Gasteiger partial charge in [-0.2, -0.15) is 0 Å². The first-order valence-corrected chi connectivity index (χ1v) is 5.96. The van der Waals surface area contributed by atoms with Gasteiger partial charge in [0.1, 0.15) is 5.75 Å². The first-order chi connectivity index (χ1) is 7.67. The van der Waals surface area contributed by atoms with E-state index in [-0.39, 0.29) is 0 Å². The number of nitrogen functional groups attached to an aromatic ring is 1. The van der Waals surface area contributed by atoms with Crippen molar-refractivity contribution in [1.82, 2.24) is 0 Å². The summed E-state index contributed by atoms with van der Waals surface area (Å²) < 4.78 is 5.45. The third-order valence-corrected chi connectivity index (χ3v) is 2.45. The van der Waals surface area contributed by atoms with Crippen molar-refractivity contribution in [3.05, 3.63) is 18.2 Å². The second-order valence-corrected chi connectivity index (χ2v) is 4.02. The first-order valence-electron chi connectivity index (χ1n) is 5.96. The fourth-order valence-corrected chi connectivity index (χ4v) is 1.69. The molecule has 0 aliphatic heterocycles. The predicted molar refractivity (Wildman–Crippen MR) is 70.0 cm³/mol. The lowest BCUT2D eigenvalue weighted by Crippen LogP contribution is -2.14. The Kier molecular flexibility index (Phi) is 4.96. The van der Waals surface area contributed by atoms with Crippen LogP contribution in [0.4, 0.5) is 11.4 Å². The molecule has 0 aliphatic carbocycles. The van der Waals surface area contributed by atoms with Crippen molar-refractivity contribution < 1.29 is 4.74 Å². The molecule has 0 radical (unpaired) electrons. The highest BCUT2D eigenvalue weighted by molar-refractivity contribution is 5.61. The van der Waals surface area contributed by atoms with Crippen molar-refractivity contribution in [2.24, 2.45) is 0 Å². The molecule has 0 saturated carbocycles. The first kappa shape index (κ1) is 12.7. The Morgan fingerprint density at radius 3 is 2.75 bits per heavy atom. The normalized spacial score (nSPS) is 12.2. The number of rotatable bonds is 6. The van der Waals surface area contributed by atoms with Crippen LogP contribution in [-0.4, -0.2) is 12.6 Å². The molecule has 16 heavy (non-hydrogen) atoms. The highest BCUT2D eigenvalue weighted by Crippen LogP contribution is 2.26. The van der Waals surface area contributed by atoms with E-state index in [4.69, 9.17) is 10.5 Å². The van der Waals surface area contributed by atoms with Crippen LogP contribution in [0, 0.1) is 0 Å². The van der Waals surface area contributed by atoms with Crippen molar-refractivity contribution in [2.45, 2.75) is 39.7 Å². The minimum absolute atomic E-state index is 0.475. The van der Waals surface area contributed by atoms with Gasteiger partial charge in [-0.3, -0.25) is 0 Å². The maximum atomic E-state index is 5.81. The van der Waals surface area contributed by atoms with Gasteiger partial charge in [-0.05, 0) is 32.4 Å². The number of nitrogens with one attached hydrogen (secondary N) is 1. The van der Waals surface area contributed by atoms with Crippen LogP contribution in [0.5, 0.6) is 5.75 Å². The van der Waals surface area contributed by atoms with Gasteiger partial charge in [0, 0.05) is 17.8 Å². The van der Waals surface area contributed by atoms with Crippen LogP contribution in [0.15, 0.2) is 18.2 Å². The zero-order valence-corrected chi connectivity index (χ0v) is 10.4. The Labute approximate surface area is 98.0 Å². The molecular formula is C13H22N2O. The Morgan fingerprint density at radius 1 is 1.38 bits per heavy atom. The van der Waals surface area contributed by atoms with Gasteiger partial charge in [-0.25, -0.2) is 0 Å². The summed E-state index contributed by atoms with van der Waals surface area (Å²) in [5.41, 5.74) is 7.57. The minimum atomic E-state index is 0.475. The fraction of sp³-hybridized carbons (Fsp3) is 0.538. The van der Waals surface area contributed by atoms with Gasteiger partial charge in [-0.1, -0.05) is 13.3 Å². The van der Waals surface area contributed by atoms with Crippen LogP contribution in [0.3, 0.4) is 0 Å². The Morgan fingerprint density at radius 2 is 2.12 bits per heavy atom. The molecule has 0 saturated heterocycles. The van der Waals surface area contributed by atoms with Crippen molar-refractivity contribution in [1.29, 1.82) is 0 Å². The summed E-state index contributed by atoms with van der Waals surface area (Å²) in [7, 11) is 0. The molecule has 3 nitrogen and oxygen atoms in total. The standard InChI is InChI=1S/C13H22N2O/c1-4-6-10(3)15-11-7-8-12(14)13(9-11)16-5-2/h7-10,15H,4-6,14H2,1-3H3. The van der Waals surface area contributed by atoms with E-state index >= 15 is 0 Å². The maximum absolute atomic E-state index is 5.81. The van der Waals surface area contributed by atoms with Gasteiger partial charge >= 0.3 is 0 Å². The van der Waals surface area contributed by atoms with Gasteiger partial charge in [-0.15, -0.1) is 0 Å². The summed E-state index contributed by atoms with van der Waals surface area (Å²) in [4.78, 5) is 0. The number of hydrogen-bond donors (Lipinski definition) is 2. The zero-order chi connectivity index (χ0) is 12.0. The highest BCUT2D eigenvalue weighted by Gasteiger charge is 2.04. The van der Waals surface area contributed by atoms with Gasteiger partial charge < -0.3 is 15.8 Å². The van der Waals surface area contributed by atoms with Crippen LogP contribution in [0.1, 0.15) is 33.6 Å². The second kappa shape index (κ2) is 6.26. The summed E-state index contributed by atoms with van der Waals surface area (Å²) in [6, 6.07) is 6.31. The molecule has 1 aromatic carbocycles. The number of ether oxygens (including phenoxy) is 1. The van der Waals surface area contributed by atoms with Crippen LogP contribution in [0.2, 0.25) is 0 Å². The fourth-order valence-electron chi connectivity index (χ4n) is 1.69. The molecule has 0 aliphatic rings. The Hall–Kier alpha value is -1.38. The maximum Gasteiger partial charge on any atom is 0.144 e. The number of benzene rings is 1. The van der Waals surface area contributed by atoms with Crippen LogP contribution in [-0.2, 0) is 0 Å². The lowest BCUT2D eigenvalue weighted by molar-refractivity contribution is 0.342. The van der Waals surface area contributed by atoms with Crippen LogP contribution in [0.25, 0.3) is 0 Å². The molecule has 3 N–H and O–H groups in total. The number of nitrogens with two attached hydrogens (primary N) is 1. The van der Waals surface area contributed by atoms with E-state index in [1.54, 1.807) is 0 Å². The summed E-state index contributed by atoms with van der Waals surface area (Å²) in [6.07, 6.45) is 2.34. The molecule has 90 valence electrons. The van der Waals surface area contributed by atoms with E-state index in [1.165, 1.54) is 6.42 Å². The highest BCUT2D eigenvalue weighted by atomic mass is 16.5. The molecular weight excluding hydrogens is 200 g/mol. The summed E-state index contributed by atoms with van der Waals surface area (Å²) in [5, 5.41) is 3.43. The molecule has 0 amide bonds. The Balaban J connectivity index is 2.70. The van der Waals surface area contributed by atoms with E-state index in [0.717, 1.165) is 17.9 Å². The van der Waals surface area contributed by atoms with Gasteiger partial charge in [0.15, 0.2) is 0 Å². The summed E-state index contributed by atoms with van der Waals surface area (Å²) in [5.74, 6) is 0.760. The van der Waals surface area contributed by atoms with E-state index in [1.807, 2.05) is 25.1 Å². The molecule has 0 fully saturated rings. The van der Waals surface area contributed by atoms with E-state index in [2.05, 4.69) is 19.2 Å². The molecule has 1 atom stereocenters. The lowest BCUT2D eigenvalue weighted by Gasteiger charge is -2.16. The molecule has 0 heterocycles. The smallest absolute Gasteiger partial charge is 0.144 e. The SMILES string of the molecule is CCCC(C)Nc1ccc(N)c(OCC)c1. The van der Waals surface area contributed by atoms with Crippen LogP contribution < -0.4 is 15.8 Å². The van der Waals surface area contributed by atoms with Gasteiger partial charge in [0.2, 0.25) is 0 Å². The monoisotopic (exact) mass is 222 g/mol. The van der Waals surface area contributed by atoms with E-state index in [0.29, 0.717) is 18.3 Å². The predicted octanol–water partition coefficient (Wildman–Crippen LogP) is 3.27. The molecule has 1 unspecified atom stereocenters. The summed E-state index contributed by atoms with van der Waals surface area (Å²) in [6.45, 7) is 6.96. The van der Waals surface area contributed by atoms with Crippen molar-refractivity contribution in [2.75, 3.05) is 17.7 Å². The topological polar surface area (TPSA) is 47.3 Å². The molecule has 0 aromatic heterocycles. The average molecular weight is 222 g/mol. The quantitative estimate of drug-likeness (QED) is 0.726. The molecule has 3 heteroatoms. The number of hydrogen-bond acceptors (Lipinski definition) is 3. The van der Waals surface area contributed by atoms with Crippen molar-refractivity contribution >= 4 is 11.4 Å². The molecule has 1 rings (SSSR count). The summed E-state index contributed by atoms with van der Waals surface area (Å²) >= 11 is 0.